The van der Waals surface area contributed by atoms with Crippen molar-refractivity contribution in [2.45, 2.75) is 31.7 Å². The molecule has 148 valence electrons. The van der Waals surface area contributed by atoms with Crippen LogP contribution in [0, 0.1) is 19.8 Å². The van der Waals surface area contributed by atoms with Crippen molar-refractivity contribution < 1.29 is 9.59 Å². The van der Waals surface area contributed by atoms with Crippen molar-refractivity contribution in [3.8, 4) is 0 Å². The first kappa shape index (κ1) is 20.4. The number of thioether (sulfide) groups is 1. The fourth-order valence-corrected chi connectivity index (χ4v) is 4.08. The zero-order valence-electron chi connectivity index (χ0n) is 16.7. The van der Waals surface area contributed by atoms with E-state index < -0.39 is 0 Å². The van der Waals surface area contributed by atoms with Gasteiger partial charge >= 0.3 is 0 Å². The van der Waals surface area contributed by atoms with Gasteiger partial charge in [-0.3, -0.25) is 9.59 Å². The van der Waals surface area contributed by atoms with E-state index in [1.54, 1.807) is 6.20 Å². The van der Waals surface area contributed by atoms with E-state index in [1.165, 1.54) is 11.8 Å². The van der Waals surface area contributed by atoms with Gasteiger partial charge in [-0.25, -0.2) is 4.98 Å². The summed E-state index contributed by atoms with van der Waals surface area (Å²) in [6.07, 6.45) is 5.44. The third-order valence-electron chi connectivity index (χ3n) is 5.29. The Bertz CT molecular complexity index is 861. The van der Waals surface area contributed by atoms with Crippen molar-refractivity contribution in [1.29, 1.82) is 0 Å². The van der Waals surface area contributed by atoms with Gasteiger partial charge in [-0.05, 0) is 62.6 Å². The van der Waals surface area contributed by atoms with Crippen LogP contribution in [0.4, 0.5) is 0 Å². The average molecular weight is 398 g/mol. The number of aryl methyl sites for hydroxylation is 2. The smallest absolute Gasteiger partial charge is 0.256 e. The van der Waals surface area contributed by atoms with Crippen molar-refractivity contribution >= 4 is 23.6 Å². The molecular weight excluding hydrogens is 370 g/mol. The largest absolute Gasteiger partial charge is 0.352 e. The summed E-state index contributed by atoms with van der Waals surface area (Å²) in [4.78, 5) is 31.5. The first-order valence-corrected chi connectivity index (χ1v) is 10.9. The highest BCUT2D eigenvalue weighted by molar-refractivity contribution is 7.98. The molecule has 1 aromatic carbocycles. The van der Waals surface area contributed by atoms with Gasteiger partial charge in [0.2, 0.25) is 0 Å². The number of amides is 2. The molecule has 1 saturated heterocycles. The molecule has 28 heavy (non-hydrogen) atoms. The molecule has 2 aromatic rings. The Labute approximate surface area is 170 Å². The standard InChI is InChI=1S/C22H27N3O2S/c1-15-6-7-16(2)19(13-15)20(26)24-14-17-8-11-25(12-9-17)22(27)18-5-4-10-23-21(18)28-3/h4-7,10,13,17H,8-9,11-12,14H2,1-3H3,(H,24,26). The number of carbonyl (C=O) groups is 2. The third kappa shape index (κ3) is 4.73. The molecule has 0 aliphatic carbocycles. The molecule has 0 atom stereocenters. The molecule has 2 heterocycles. The van der Waals surface area contributed by atoms with Gasteiger partial charge in [0.15, 0.2) is 0 Å². The summed E-state index contributed by atoms with van der Waals surface area (Å²) in [6, 6.07) is 9.59. The fraction of sp³-hybridized carbons (Fsp3) is 0.409. The van der Waals surface area contributed by atoms with Crippen LogP contribution in [0.3, 0.4) is 0 Å². The van der Waals surface area contributed by atoms with Crippen LogP contribution in [0.15, 0.2) is 41.6 Å². The minimum Gasteiger partial charge on any atom is -0.352 e. The van der Waals surface area contributed by atoms with Crippen LogP contribution in [0.1, 0.15) is 44.7 Å². The fourth-order valence-electron chi connectivity index (χ4n) is 3.54. The van der Waals surface area contributed by atoms with Crippen molar-refractivity contribution in [2.75, 3.05) is 25.9 Å². The highest BCUT2D eigenvalue weighted by Crippen LogP contribution is 2.23. The second-order valence-electron chi connectivity index (χ2n) is 7.32. The van der Waals surface area contributed by atoms with Crippen LogP contribution < -0.4 is 5.32 Å². The van der Waals surface area contributed by atoms with Crippen LogP contribution in [0.5, 0.6) is 0 Å². The van der Waals surface area contributed by atoms with E-state index in [0.29, 0.717) is 31.1 Å². The van der Waals surface area contributed by atoms with Gasteiger partial charge in [-0.1, -0.05) is 17.7 Å². The lowest BCUT2D eigenvalue weighted by Crippen LogP contribution is -2.41. The second kappa shape index (κ2) is 9.24. The third-order valence-corrected chi connectivity index (χ3v) is 6.00. The summed E-state index contributed by atoms with van der Waals surface area (Å²) in [7, 11) is 0. The minimum atomic E-state index is -0.0142. The molecule has 0 radical (unpaired) electrons. The molecule has 0 bridgehead atoms. The van der Waals surface area contributed by atoms with E-state index in [1.807, 2.05) is 55.3 Å². The van der Waals surface area contributed by atoms with Crippen LogP contribution in [-0.4, -0.2) is 47.6 Å². The number of pyridine rings is 1. The maximum absolute atomic E-state index is 12.8. The maximum Gasteiger partial charge on any atom is 0.256 e. The summed E-state index contributed by atoms with van der Waals surface area (Å²) in [6.45, 7) is 6.03. The predicted molar refractivity (Wildman–Crippen MR) is 113 cm³/mol. The van der Waals surface area contributed by atoms with Crippen LogP contribution >= 0.6 is 11.8 Å². The van der Waals surface area contributed by atoms with Crippen LogP contribution in [-0.2, 0) is 0 Å². The van der Waals surface area contributed by atoms with Gasteiger partial charge in [0, 0.05) is 31.4 Å². The summed E-state index contributed by atoms with van der Waals surface area (Å²) in [5.41, 5.74) is 3.50. The number of hydrogen-bond donors (Lipinski definition) is 1. The lowest BCUT2D eigenvalue weighted by molar-refractivity contribution is 0.0680. The van der Waals surface area contributed by atoms with Gasteiger partial charge < -0.3 is 10.2 Å². The lowest BCUT2D eigenvalue weighted by Gasteiger charge is -2.32. The predicted octanol–water partition coefficient (Wildman–Crippen LogP) is 3.70. The number of likely N-dealkylation sites (tertiary alicyclic amines) is 1. The van der Waals surface area contributed by atoms with Crippen molar-refractivity contribution in [3.63, 3.8) is 0 Å². The Balaban J connectivity index is 1.52. The summed E-state index contributed by atoms with van der Waals surface area (Å²) >= 11 is 1.49. The van der Waals surface area contributed by atoms with E-state index in [2.05, 4.69) is 10.3 Å². The maximum atomic E-state index is 12.8. The van der Waals surface area contributed by atoms with Gasteiger partial charge in [-0.15, -0.1) is 11.8 Å². The molecule has 0 unspecified atom stereocenters. The van der Waals surface area contributed by atoms with Gasteiger partial charge in [-0.2, -0.15) is 0 Å². The van der Waals surface area contributed by atoms with E-state index >= 15 is 0 Å². The number of hydrogen-bond acceptors (Lipinski definition) is 4. The van der Waals surface area contributed by atoms with Gasteiger partial charge in [0.05, 0.1) is 5.56 Å². The molecule has 0 saturated carbocycles. The molecule has 0 spiro atoms. The number of piperidine rings is 1. The van der Waals surface area contributed by atoms with Crippen molar-refractivity contribution in [3.05, 3.63) is 58.8 Å². The summed E-state index contributed by atoms with van der Waals surface area (Å²) in [5, 5.41) is 3.85. The van der Waals surface area contributed by atoms with Crippen LogP contribution in [0.25, 0.3) is 0 Å². The van der Waals surface area contributed by atoms with Crippen molar-refractivity contribution in [2.24, 2.45) is 5.92 Å². The number of nitrogens with one attached hydrogen (secondary N) is 1. The topological polar surface area (TPSA) is 62.3 Å². The van der Waals surface area contributed by atoms with E-state index in [4.69, 9.17) is 0 Å². The number of rotatable bonds is 5. The van der Waals surface area contributed by atoms with Crippen molar-refractivity contribution in [1.82, 2.24) is 15.2 Å². The van der Waals surface area contributed by atoms with E-state index in [0.717, 1.165) is 34.6 Å². The zero-order valence-corrected chi connectivity index (χ0v) is 17.5. The molecule has 2 amide bonds. The Hall–Kier alpha value is -2.34. The molecule has 3 rings (SSSR count). The number of nitrogens with zero attached hydrogens (tertiary/aromatic N) is 2. The van der Waals surface area contributed by atoms with Gasteiger partial charge in [0.25, 0.3) is 11.8 Å². The molecule has 6 heteroatoms. The highest BCUT2D eigenvalue weighted by Gasteiger charge is 2.25. The molecule has 5 nitrogen and oxygen atoms in total. The summed E-state index contributed by atoms with van der Waals surface area (Å²) in [5.74, 6) is 0.432. The Morgan fingerprint density at radius 1 is 1.18 bits per heavy atom. The van der Waals surface area contributed by atoms with Gasteiger partial charge in [0.1, 0.15) is 5.03 Å². The molecular formula is C22H27N3O2S. The monoisotopic (exact) mass is 397 g/mol. The first-order valence-electron chi connectivity index (χ1n) is 9.63. The average Bonchev–Trinajstić information content (AvgIpc) is 2.73. The second-order valence-corrected chi connectivity index (χ2v) is 8.12. The SMILES string of the molecule is CSc1ncccc1C(=O)N1CCC(CNC(=O)c2cc(C)ccc2C)CC1. The Morgan fingerprint density at radius 2 is 1.93 bits per heavy atom. The first-order chi connectivity index (χ1) is 13.5. The van der Waals surface area contributed by atoms with E-state index in [9.17, 15) is 9.59 Å². The molecule has 1 N–H and O–H groups in total. The highest BCUT2D eigenvalue weighted by atomic mass is 32.2. The molecule has 1 aliphatic heterocycles. The quantitative estimate of drug-likeness (QED) is 0.782. The lowest BCUT2D eigenvalue weighted by atomic mass is 9.96. The minimum absolute atomic E-state index is 0.0142. The zero-order chi connectivity index (χ0) is 20.1. The summed E-state index contributed by atoms with van der Waals surface area (Å²) < 4.78 is 0. The number of benzene rings is 1. The Kier molecular flexibility index (Phi) is 6.73. The molecule has 1 aromatic heterocycles. The Morgan fingerprint density at radius 3 is 2.64 bits per heavy atom. The van der Waals surface area contributed by atoms with E-state index in [-0.39, 0.29) is 11.8 Å². The number of carbonyl (C=O) groups excluding carboxylic acids is 2. The number of aromatic nitrogens is 1. The normalized spacial score (nSPS) is 14.8. The van der Waals surface area contributed by atoms with Crippen LogP contribution in [0.2, 0.25) is 0 Å². The molecule has 1 aliphatic rings. The molecule has 1 fully saturated rings.